The van der Waals surface area contributed by atoms with Crippen molar-refractivity contribution in [2.75, 3.05) is 0 Å². The van der Waals surface area contributed by atoms with Gasteiger partial charge in [-0.2, -0.15) is 0 Å². The number of aliphatic hydroxyl groups is 2. The number of hydrogen-bond donors (Lipinski definition) is 2. The fourth-order valence-corrected chi connectivity index (χ4v) is 0.414. The van der Waals surface area contributed by atoms with Crippen molar-refractivity contribution >= 4 is 0 Å². The maximum absolute atomic E-state index is 9.05. The van der Waals surface area contributed by atoms with E-state index in [0.29, 0.717) is 6.42 Å². The topological polar surface area (TPSA) is 49.7 Å². The third-order valence-corrected chi connectivity index (χ3v) is 1.22. The van der Waals surface area contributed by atoms with Crippen molar-refractivity contribution < 1.29 is 14.9 Å². The summed E-state index contributed by atoms with van der Waals surface area (Å²) < 4.78 is 4.77. The fourth-order valence-electron chi connectivity index (χ4n) is 0.414. The van der Waals surface area contributed by atoms with E-state index in [0.717, 1.165) is 0 Å². The van der Waals surface area contributed by atoms with Crippen LogP contribution in [0.2, 0.25) is 0 Å². The second-order valence-corrected chi connectivity index (χ2v) is 2.63. The van der Waals surface area contributed by atoms with Crippen LogP contribution in [-0.4, -0.2) is 22.8 Å². The van der Waals surface area contributed by atoms with E-state index in [1.54, 1.807) is 6.92 Å². The molecule has 0 radical (unpaired) electrons. The molecule has 62 valence electrons. The summed E-state index contributed by atoms with van der Waals surface area (Å²) in [5.74, 6) is 0.0289. The molecule has 3 heteroatoms. The maximum atomic E-state index is 9.05. The van der Waals surface area contributed by atoms with Crippen molar-refractivity contribution in [1.82, 2.24) is 0 Å². The normalized spacial score (nSPS) is 17.4. The Kier molecular flexibility index (Phi) is 4.60. The summed E-state index contributed by atoms with van der Waals surface area (Å²) in [5, 5.41) is 17.9. The molecule has 2 N–H and O–H groups in total. The summed E-state index contributed by atoms with van der Waals surface area (Å²) in [4.78, 5) is 0. The Morgan fingerprint density at radius 3 is 2.10 bits per heavy atom. The lowest BCUT2D eigenvalue weighted by atomic mass is 10.2. The lowest BCUT2D eigenvalue weighted by Crippen LogP contribution is -2.25. The van der Waals surface area contributed by atoms with Crippen LogP contribution in [0, 0.1) is 5.92 Å². The molecule has 0 saturated heterocycles. The van der Waals surface area contributed by atoms with Gasteiger partial charge in [-0.1, -0.05) is 20.8 Å². The second-order valence-electron chi connectivity index (χ2n) is 2.63. The van der Waals surface area contributed by atoms with E-state index in [2.05, 4.69) is 0 Å². The van der Waals surface area contributed by atoms with E-state index in [-0.39, 0.29) is 5.92 Å². The highest BCUT2D eigenvalue weighted by atomic mass is 16.7. The molecule has 0 heterocycles. The standard InChI is InChI=1S/C7H16O3/c1-4-6(8)10-7(9)5(2)3/h5-9H,4H2,1-3H3. The molecule has 0 aliphatic rings. The Balaban J connectivity index is 3.46. The minimum Gasteiger partial charge on any atom is -0.368 e. The van der Waals surface area contributed by atoms with E-state index >= 15 is 0 Å². The molecule has 3 nitrogen and oxygen atoms in total. The fraction of sp³-hybridized carbons (Fsp3) is 1.00. The highest BCUT2D eigenvalue weighted by Gasteiger charge is 2.12. The summed E-state index contributed by atoms with van der Waals surface area (Å²) in [7, 11) is 0. The first-order valence-corrected chi connectivity index (χ1v) is 3.59. The predicted octanol–water partition coefficient (Wildman–Crippen LogP) is 0.706. The molecule has 0 aromatic heterocycles. The molecule has 0 amide bonds. The largest absolute Gasteiger partial charge is 0.368 e. The van der Waals surface area contributed by atoms with Crippen LogP contribution >= 0.6 is 0 Å². The van der Waals surface area contributed by atoms with Gasteiger partial charge in [-0.05, 0) is 6.42 Å². The van der Waals surface area contributed by atoms with Gasteiger partial charge in [0.05, 0.1) is 0 Å². The van der Waals surface area contributed by atoms with E-state index in [9.17, 15) is 0 Å². The molecular formula is C7H16O3. The van der Waals surface area contributed by atoms with E-state index in [4.69, 9.17) is 14.9 Å². The average molecular weight is 148 g/mol. The molecule has 0 aliphatic carbocycles. The van der Waals surface area contributed by atoms with Crippen molar-refractivity contribution in [3.05, 3.63) is 0 Å². The quantitative estimate of drug-likeness (QED) is 0.577. The highest BCUT2D eigenvalue weighted by molar-refractivity contribution is 4.47. The minimum atomic E-state index is -0.852. The second kappa shape index (κ2) is 4.66. The van der Waals surface area contributed by atoms with Gasteiger partial charge in [0.15, 0.2) is 12.6 Å². The van der Waals surface area contributed by atoms with Crippen LogP contribution < -0.4 is 0 Å². The van der Waals surface area contributed by atoms with Crippen LogP contribution in [0.3, 0.4) is 0 Å². The van der Waals surface area contributed by atoms with Gasteiger partial charge in [0.2, 0.25) is 0 Å². The van der Waals surface area contributed by atoms with Gasteiger partial charge in [-0.15, -0.1) is 0 Å². The van der Waals surface area contributed by atoms with Gasteiger partial charge in [-0.3, -0.25) is 0 Å². The molecule has 0 aromatic rings. The van der Waals surface area contributed by atoms with Crippen molar-refractivity contribution in [1.29, 1.82) is 0 Å². The summed E-state index contributed by atoms with van der Waals surface area (Å²) in [6.07, 6.45) is -1.18. The van der Waals surface area contributed by atoms with Crippen LogP contribution in [0.4, 0.5) is 0 Å². The first kappa shape index (κ1) is 9.88. The number of rotatable bonds is 4. The summed E-state index contributed by atoms with van der Waals surface area (Å²) in [5.41, 5.74) is 0. The van der Waals surface area contributed by atoms with Crippen LogP contribution in [0.15, 0.2) is 0 Å². The average Bonchev–Trinajstić information content (AvgIpc) is 1.87. The Labute approximate surface area is 61.6 Å². The van der Waals surface area contributed by atoms with Crippen molar-refractivity contribution in [3.63, 3.8) is 0 Å². The lowest BCUT2D eigenvalue weighted by Gasteiger charge is -2.18. The zero-order chi connectivity index (χ0) is 8.15. The third-order valence-electron chi connectivity index (χ3n) is 1.22. The Hall–Kier alpha value is -0.120. The molecule has 0 fully saturated rings. The monoisotopic (exact) mass is 148 g/mol. The van der Waals surface area contributed by atoms with Crippen molar-refractivity contribution in [3.8, 4) is 0 Å². The first-order chi connectivity index (χ1) is 4.57. The van der Waals surface area contributed by atoms with Gasteiger partial charge in [0.1, 0.15) is 0 Å². The molecule has 2 unspecified atom stereocenters. The molecule has 0 aromatic carbocycles. The van der Waals surface area contributed by atoms with E-state index in [1.165, 1.54) is 0 Å². The maximum Gasteiger partial charge on any atom is 0.159 e. The third kappa shape index (κ3) is 3.82. The lowest BCUT2D eigenvalue weighted by molar-refractivity contribution is -0.223. The van der Waals surface area contributed by atoms with Crippen LogP contribution in [0.1, 0.15) is 27.2 Å². The number of aliphatic hydroxyl groups excluding tert-OH is 2. The summed E-state index contributed by atoms with van der Waals surface area (Å²) in [6.45, 7) is 5.44. The van der Waals surface area contributed by atoms with E-state index < -0.39 is 12.6 Å². The Morgan fingerprint density at radius 1 is 1.30 bits per heavy atom. The van der Waals surface area contributed by atoms with Gasteiger partial charge in [-0.25, -0.2) is 0 Å². The number of ether oxygens (including phenoxy) is 1. The Morgan fingerprint density at radius 2 is 1.80 bits per heavy atom. The molecule has 0 aliphatic heterocycles. The molecule has 0 saturated carbocycles. The van der Waals surface area contributed by atoms with Gasteiger partial charge >= 0.3 is 0 Å². The summed E-state index contributed by atoms with van der Waals surface area (Å²) in [6, 6.07) is 0. The zero-order valence-corrected chi connectivity index (χ0v) is 6.74. The minimum absolute atomic E-state index is 0.0289. The van der Waals surface area contributed by atoms with Gasteiger partial charge in [0, 0.05) is 5.92 Å². The van der Waals surface area contributed by atoms with Crippen molar-refractivity contribution in [2.45, 2.75) is 39.8 Å². The number of hydrogen-bond acceptors (Lipinski definition) is 3. The van der Waals surface area contributed by atoms with Gasteiger partial charge in [0.25, 0.3) is 0 Å². The van der Waals surface area contributed by atoms with Crippen molar-refractivity contribution in [2.24, 2.45) is 5.92 Å². The molecule has 0 rings (SSSR count). The molecular weight excluding hydrogens is 132 g/mol. The van der Waals surface area contributed by atoms with Crippen LogP contribution in [-0.2, 0) is 4.74 Å². The smallest absolute Gasteiger partial charge is 0.159 e. The molecule has 0 bridgehead atoms. The SMILES string of the molecule is CCC(O)OC(O)C(C)C. The van der Waals surface area contributed by atoms with Crippen LogP contribution in [0.25, 0.3) is 0 Å². The first-order valence-electron chi connectivity index (χ1n) is 3.59. The van der Waals surface area contributed by atoms with Crippen LogP contribution in [0.5, 0.6) is 0 Å². The predicted molar refractivity (Wildman–Crippen MR) is 38.2 cm³/mol. The van der Waals surface area contributed by atoms with Gasteiger partial charge < -0.3 is 14.9 Å². The molecule has 2 atom stereocenters. The molecule has 0 spiro atoms. The van der Waals surface area contributed by atoms with E-state index in [1.807, 2.05) is 13.8 Å². The molecule has 10 heavy (non-hydrogen) atoms. The summed E-state index contributed by atoms with van der Waals surface area (Å²) >= 11 is 0. The highest BCUT2D eigenvalue weighted by Crippen LogP contribution is 2.05. The Bertz CT molecular complexity index is 82.9. The zero-order valence-electron chi connectivity index (χ0n) is 6.74.